The molecule has 2 rings (SSSR count). The van der Waals surface area contributed by atoms with Gasteiger partial charge in [-0.3, -0.25) is 9.59 Å². The van der Waals surface area contributed by atoms with Gasteiger partial charge in [0.1, 0.15) is 0 Å². The molecule has 0 fully saturated rings. The Balaban J connectivity index is 1.96. The monoisotopic (exact) mass is 366 g/mol. The zero-order chi connectivity index (χ0) is 19.8. The molecule has 27 heavy (non-hydrogen) atoms. The molecule has 0 heterocycles. The zero-order valence-electron chi connectivity index (χ0n) is 16.7. The highest BCUT2D eigenvalue weighted by molar-refractivity contribution is 5.97. The SMILES string of the molecule is CCCNC(=O)c1ccc(NC(=O)C(C)c2ccc(CC(C)C)cc2)cc1. The van der Waals surface area contributed by atoms with Crippen molar-refractivity contribution in [1.29, 1.82) is 0 Å². The minimum atomic E-state index is -0.245. The molecular formula is C23H30N2O2. The maximum atomic E-state index is 12.5. The van der Waals surface area contributed by atoms with E-state index in [4.69, 9.17) is 0 Å². The summed E-state index contributed by atoms with van der Waals surface area (Å²) in [6, 6.07) is 15.2. The van der Waals surface area contributed by atoms with E-state index in [0.717, 1.165) is 18.4 Å². The summed E-state index contributed by atoms with van der Waals surface area (Å²) < 4.78 is 0. The molecule has 1 unspecified atom stereocenters. The molecule has 0 aliphatic carbocycles. The van der Waals surface area contributed by atoms with Crippen LogP contribution < -0.4 is 10.6 Å². The molecule has 0 aliphatic heterocycles. The molecule has 4 nitrogen and oxygen atoms in total. The molecule has 144 valence electrons. The summed E-state index contributed by atoms with van der Waals surface area (Å²) in [5.74, 6) is 0.216. The fourth-order valence-corrected chi connectivity index (χ4v) is 2.86. The number of benzene rings is 2. The van der Waals surface area contributed by atoms with Crippen molar-refractivity contribution in [3.63, 3.8) is 0 Å². The molecule has 0 saturated carbocycles. The second-order valence-corrected chi connectivity index (χ2v) is 7.38. The van der Waals surface area contributed by atoms with E-state index in [1.54, 1.807) is 24.3 Å². The van der Waals surface area contributed by atoms with E-state index >= 15 is 0 Å². The van der Waals surface area contributed by atoms with Gasteiger partial charge in [-0.05, 0) is 61.1 Å². The summed E-state index contributed by atoms with van der Waals surface area (Å²) in [5, 5.41) is 5.76. The lowest BCUT2D eigenvalue weighted by molar-refractivity contribution is -0.117. The summed E-state index contributed by atoms with van der Waals surface area (Å²) >= 11 is 0. The first kappa shape index (κ1) is 20.7. The van der Waals surface area contributed by atoms with Gasteiger partial charge in [-0.15, -0.1) is 0 Å². The lowest BCUT2D eigenvalue weighted by Crippen LogP contribution is -2.24. The lowest BCUT2D eigenvalue weighted by atomic mass is 9.96. The van der Waals surface area contributed by atoms with Crippen LogP contribution in [0, 0.1) is 5.92 Å². The number of hydrogen-bond donors (Lipinski definition) is 2. The van der Waals surface area contributed by atoms with Gasteiger partial charge >= 0.3 is 0 Å². The van der Waals surface area contributed by atoms with Crippen molar-refractivity contribution in [3.8, 4) is 0 Å². The van der Waals surface area contributed by atoms with Crippen molar-refractivity contribution in [3.05, 3.63) is 65.2 Å². The van der Waals surface area contributed by atoms with Crippen LogP contribution in [0.1, 0.15) is 61.5 Å². The number of carbonyl (C=O) groups is 2. The van der Waals surface area contributed by atoms with Crippen LogP contribution >= 0.6 is 0 Å². The molecule has 2 amide bonds. The molecule has 0 aromatic heterocycles. The van der Waals surface area contributed by atoms with E-state index in [9.17, 15) is 9.59 Å². The molecule has 2 aromatic rings. The van der Waals surface area contributed by atoms with Gasteiger partial charge in [-0.2, -0.15) is 0 Å². The highest BCUT2D eigenvalue weighted by Gasteiger charge is 2.15. The topological polar surface area (TPSA) is 58.2 Å². The van der Waals surface area contributed by atoms with Crippen molar-refractivity contribution in [2.24, 2.45) is 5.92 Å². The molecule has 2 aromatic carbocycles. The Bertz CT molecular complexity index is 749. The summed E-state index contributed by atoms with van der Waals surface area (Å²) in [4.78, 5) is 24.5. The molecule has 0 bridgehead atoms. The number of nitrogens with one attached hydrogen (secondary N) is 2. The van der Waals surface area contributed by atoms with E-state index in [2.05, 4.69) is 36.6 Å². The highest BCUT2D eigenvalue weighted by Crippen LogP contribution is 2.20. The van der Waals surface area contributed by atoms with Gasteiger partial charge in [-0.25, -0.2) is 0 Å². The molecule has 1 atom stereocenters. The van der Waals surface area contributed by atoms with E-state index < -0.39 is 0 Å². The molecule has 0 saturated heterocycles. The molecule has 4 heteroatoms. The van der Waals surface area contributed by atoms with Gasteiger partial charge in [0.25, 0.3) is 5.91 Å². The molecule has 0 aliphatic rings. The Labute approximate surface area is 162 Å². The summed E-state index contributed by atoms with van der Waals surface area (Å²) in [6.45, 7) is 8.97. The van der Waals surface area contributed by atoms with Gasteiger partial charge < -0.3 is 10.6 Å². The minimum absolute atomic E-state index is 0.0604. The van der Waals surface area contributed by atoms with Crippen molar-refractivity contribution < 1.29 is 9.59 Å². The maximum absolute atomic E-state index is 12.5. The number of amides is 2. The van der Waals surface area contributed by atoms with Crippen LogP contribution in [-0.2, 0) is 11.2 Å². The predicted molar refractivity (Wildman–Crippen MR) is 111 cm³/mol. The van der Waals surface area contributed by atoms with Crippen LogP contribution in [0.4, 0.5) is 5.69 Å². The largest absolute Gasteiger partial charge is 0.352 e. The second-order valence-electron chi connectivity index (χ2n) is 7.38. The molecule has 0 spiro atoms. The highest BCUT2D eigenvalue weighted by atomic mass is 16.2. The Morgan fingerprint density at radius 2 is 1.56 bits per heavy atom. The normalized spacial score (nSPS) is 11.9. The first-order chi connectivity index (χ1) is 12.9. The summed E-state index contributed by atoms with van der Waals surface area (Å²) in [5.41, 5.74) is 3.57. The molecule has 2 N–H and O–H groups in total. The average molecular weight is 367 g/mol. The van der Waals surface area contributed by atoms with Crippen LogP contribution in [-0.4, -0.2) is 18.4 Å². The zero-order valence-corrected chi connectivity index (χ0v) is 16.7. The first-order valence-electron chi connectivity index (χ1n) is 9.68. The van der Waals surface area contributed by atoms with E-state index in [-0.39, 0.29) is 17.7 Å². The third-order valence-corrected chi connectivity index (χ3v) is 4.47. The Hall–Kier alpha value is -2.62. The lowest BCUT2D eigenvalue weighted by Gasteiger charge is -2.14. The van der Waals surface area contributed by atoms with Crippen LogP contribution in [0.5, 0.6) is 0 Å². The fourth-order valence-electron chi connectivity index (χ4n) is 2.86. The van der Waals surface area contributed by atoms with Gasteiger partial charge in [0.05, 0.1) is 5.92 Å². The fraction of sp³-hybridized carbons (Fsp3) is 0.391. The number of rotatable bonds is 8. The molecule has 0 radical (unpaired) electrons. The third kappa shape index (κ3) is 6.24. The van der Waals surface area contributed by atoms with Crippen molar-refractivity contribution in [1.82, 2.24) is 5.32 Å². The number of anilines is 1. The summed E-state index contributed by atoms with van der Waals surface area (Å²) in [7, 11) is 0. The van der Waals surface area contributed by atoms with E-state index in [0.29, 0.717) is 23.7 Å². The maximum Gasteiger partial charge on any atom is 0.251 e. The van der Waals surface area contributed by atoms with Crippen LogP contribution in [0.15, 0.2) is 48.5 Å². The minimum Gasteiger partial charge on any atom is -0.352 e. The second kappa shape index (κ2) is 9.91. The van der Waals surface area contributed by atoms with Gasteiger partial charge in [0.2, 0.25) is 5.91 Å². The smallest absolute Gasteiger partial charge is 0.251 e. The Morgan fingerprint density at radius 3 is 2.11 bits per heavy atom. The van der Waals surface area contributed by atoms with Crippen LogP contribution in [0.3, 0.4) is 0 Å². The van der Waals surface area contributed by atoms with Gasteiger partial charge in [0, 0.05) is 17.8 Å². The quantitative estimate of drug-likeness (QED) is 0.707. The van der Waals surface area contributed by atoms with Gasteiger partial charge in [0.15, 0.2) is 0 Å². The van der Waals surface area contributed by atoms with Crippen molar-refractivity contribution >= 4 is 17.5 Å². The van der Waals surface area contributed by atoms with Gasteiger partial charge in [-0.1, -0.05) is 45.0 Å². The molecular weight excluding hydrogens is 336 g/mol. The Kier molecular flexibility index (Phi) is 7.59. The van der Waals surface area contributed by atoms with Crippen molar-refractivity contribution in [2.45, 2.75) is 46.5 Å². The standard InChI is InChI=1S/C23H30N2O2/c1-5-14-24-23(27)20-10-12-21(13-11-20)25-22(26)17(4)19-8-6-18(7-9-19)15-16(2)3/h6-13,16-17H,5,14-15H2,1-4H3,(H,24,27)(H,25,26). The number of hydrogen-bond acceptors (Lipinski definition) is 2. The average Bonchev–Trinajstić information content (AvgIpc) is 2.66. The van der Waals surface area contributed by atoms with Crippen molar-refractivity contribution in [2.75, 3.05) is 11.9 Å². The van der Waals surface area contributed by atoms with E-state index in [1.807, 2.05) is 26.0 Å². The summed E-state index contributed by atoms with van der Waals surface area (Å²) in [6.07, 6.45) is 1.94. The predicted octanol–water partition coefficient (Wildman–Crippen LogP) is 4.77. The van der Waals surface area contributed by atoms with E-state index in [1.165, 1.54) is 5.56 Å². The third-order valence-electron chi connectivity index (χ3n) is 4.47. The van der Waals surface area contributed by atoms with Crippen LogP contribution in [0.25, 0.3) is 0 Å². The Morgan fingerprint density at radius 1 is 0.926 bits per heavy atom. The van der Waals surface area contributed by atoms with Crippen LogP contribution in [0.2, 0.25) is 0 Å². The first-order valence-corrected chi connectivity index (χ1v) is 9.68. The number of carbonyl (C=O) groups excluding carboxylic acids is 2.